The first-order chi connectivity index (χ1) is 10.8. The molecule has 0 spiro atoms. The summed E-state index contributed by atoms with van der Waals surface area (Å²) in [6, 6.07) is 6.12. The minimum absolute atomic E-state index is 0.892. The number of nitrogens with one attached hydrogen (secondary N) is 1. The van der Waals surface area contributed by atoms with Gasteiger partial charge in [0.2, 0.25) is 0 Å². The third-order valence-corrected chi connectivity index (χ3v) is 5.51. The molecule has 0 unspecified atom stereocenters. The van der Waals surface area contributed by atoms with Crippen LogP contribution in [-0.4, -0.2) is 43.7 Å². The number of rotatable bonds is 6. The van der Waals surface area contributed by atoms with Gasteiger partial charge in [0.15, 0.2) is 0 Å². The van der Waals surface area contributed by atoms with E-state index in [9.17, 15) is 0 Å². The molecule has 1 aromatic carbocycles. The quantitative estimate of drug-likeness (QED) is 0.888. The summed E-state index contributed by atoms with van der Waals surface area (Å²) in [5.41, 5.74) is 1.09. The molecule has 3 rings (SSSR count). The summed E-state index contributed by atoms with van der Waals surface area (Å²) >= 11 is 1.79. The maximum Gasteiger partial charge on any atom is 0.120 e. The van der Waals surface area contributed by atoms with Crippen LogP contribution in [0.15, 0.2) is 18.2 Å². The fraction of sp³-hybridized carbons (Fsp3) is 0.588. The number of thiazole rings is 1. The molecule has 0 amide bonds. The summed E-state index contributed by atoms with van der Waals surface area (Å²) in [6.45, 7) is 4.53. The number of aromatic nitrogens is 1. The van der Waals surface area contributed by atoms with Crippen molar-refractivity contribution < 1.29 is 4.74 Å². The molecule has 1 aromatic heterocycles. The lowest BCUT2D eigenvalue weighted by atomic mass is 9.93. The van der Waals surface area contributed by atoms with E-state index < -0.39 is 0 Å². The van der Waals surface area contributed by atoms with Gasteiger partial charge in [-0.15, -0.1) is 11.3 Å². The van der Waals surface area contributed by atoms with Crippen LogP contribution in [0.4, 0.5) is 0 Å². The van der Waals surface area contributed by atoms with Crippen LogP contribution in [0.1, 0.15) is 24.3 Å². The van der Waals surface area contributed by atoms with Gasteiger partial charge in [-0.05, 0) is 70.1 Å². The van der Waals surface area contributed by atoms with Gasteiger partial charge in [-0.1, -0.05) is 0 Å². The van der Waals surface area contributed by atoms with Crippen molar-refractivity contribution in [2.75, 3.05) is 33.8 Å². The molecule has 0 bridgehead atoms. The first kappa shape index (κ1) is 15.7. The van der Waals surface area contributed by atoms with Gasteiger partial charge >= 0.3 is 0 Å². The van der Waals surface area contributed by atoms with Crippen molar-refractivity contribution in [2.24, 2.45) is 5.92 Å². The highest BCUT2D eigenvalue weighted by Crippen LogP contribution is 2.28. The summed E-state index contributed by atoms with van der Waals surface area (Å²) in [7, 11) is 3.75. The minimum Gasteiger partial charge on any atom is -0.497 e. The second-order valence-electron chi connectivity index (χ2n) is 6.05. The van der Waals surface area contributed by atoms with E-state index in [-0.39, 0.29) is 0 Å². The number of benzene rings is 1. The molecule has 2 aromatic rings. The lowest BCUT2D eigenvalue weighted by molar-refractivity contribution is 0.172. The molecule has 1 fully saturated rings. The van der Waals surface area contributed by atoms with Gasteiger partial charge in [-0.2, -0.15) is 0 Å². The molecule has 0 radical (unpaired) electrons. The molecular formula is C17H25N3OS. The zero-order valence-corrected chi connectivity index (χ0v) is 14.3. The van der Waals surface area contributed by atoms with E-state index in [0.29, 0.717) is 0 Å². The largest absolute Gasteiger partial charge is 0.497 e. The Morgan fingerprint density at radius 2 is 2.18 bits per heavy atom. The average Bonchev–Trinajstić information content (AvgIpc) is 2.95. The van der Waals surface area contributed by atoms with Gasteiger partial charge < -0.3 is 10.1 Å². The number of likely N-dealkylation sites (tertiary alicyclic amines) is 1. The molecular weight excluding hydrogens is 294 g/mol. The number of hydrogen-bond donors (Lipinski definition) is 1. The Balaban J connectivity index is 1.57. The van der Waals surface area contributed by atoms with E-state index in [0.717, 1.165) is 30.3 Å². The second kappa shape index (κ2) is 7.40. The third kappa shape index (κ3) is 3.77. The smallest absolute Gasteiger partial charge is 0.120 e. The van der Waals surface area contributed by atoms with Crippen molar-refractivity contribution in [1.29, 1.82) is 0 Å². The Kier molecular flexibility index (Phi) is 5.28. The SMILES string of the molecule is CNCCC1CCN(Cc2nc3ccc(OC)cc3s2)CC1. The van der Waals surface area contributed by atoms with Crippen LogP contribution < -0.4 is 10.1 Å². The standard InChI is InChI=1S/C17H25N3OS/c1-18-8-5-13-6-9-20(10-7-13)12-17-19-15-4-3-14(21-2)11-16(15)22-17/h3-4,11,13,18H,5-10,12H2,1-2H3. The molecule has 1 N–H and O–H groups in total. The fourth-order valence-corrected chi connectivity index (χ4v) is 4.16. The van der Waals surface area contributed by atoms with Crippen molar-refractivity contribution in [2.45, 2.75) is 25.8 Å². The highest BCUT2D eigenvalue weighted by Gasteiger charge is 2.19. The molecule has 22 heavy (non-hydrogen) atoms. The van der Waals surface area contributed by atoms with Crippen molar-refractivity contribution in [3.8, 4) is 5.75 Å². The Labute approximate surface area is 136 Å². The predicted octanol–water partition coefficient (Wildman–Crippen LogP) is 3.13. The number of piperidine rings is 1. The zero-order valence-electron chi connectivity index (χ0n) is 13.5. The van der Waals surface area contributed by atoms with Crippen molar-refractivity contribution in [1.82, 2.24) is 15.2 Å². The number of methoxy groups -OCH3 is 1. The molecule has 5 heteroatoms. The fourth-order valence-electron chi connectivity index (χ4n) is 3.12. The van der Waals surface area contributed by atoms with Gasteiger partial charge in [0.25, 0.3) is 0 Å². The summed E-state index contributed by atoms with van der Waals surface area (Å²) in [6.07, 6.45) is 3.95. The number of fused-ring (bicyclic) bond motifs is 1. The van der Waals surface area contributed by atoms with E-state index in [4.69, 9.17) is 9.72 Å². The third-order valence-electron chi connectivity index (χ3n) is 4.51. The Morgan fingerprint density at radius 1 is 1.36 bits per heavy atom. The predicted molar refractivity (Wildman–Crippen MR) is 92.7 cm³/mol. The number of hydrogen-bond acceptors (Lipinski definition) is 5. The van der Waals surface area contributed by atoms with Crippen LogP contribution in [0.5, 0.6) is 5.75 Å². The van der Waals surface area contributed by atoms with Gasteiger partial charge in [0.05, 0.1) is 23.9 Å². The van der Waals surface area contributed by atoms with Gasteiger partial charge in [0, 0.05) is 0 Å². The maximum absolute atomic E-state index is 5.29. The van der Waals surface area contributed by atoms with Crippen LogP contribution in [0.2, 0.25) is 0 Å². The van der Waals surface area contributed by atoms with Crippen LogP contribution in [0, 0.1) is 5.92 Å². The van der Waals surface area contributed by atoms with Crippen molar-refractivity contribution in [3.05, 3.63) is 23.2 Å². The lowest BCUT2D eigenvalue weighted by Crippen LogP contribution is -2.34. The molecule has 1 saturated heterocycles. The van der Waals surface area contributed by atoms with E-state index >= 15 is 0 Å². The number of ether oxygens (including phenoxy) is 1. The topological polar surface area (TPSA) is 37.4 Å². The summed E-state index contributed by atoms with van der Waals surface area (Å²) < 4.78 is 6.51. The molecule has 0 aliphatic carbocycles. The van der Waals surface area contributed by atoms with Crippen LogP contribution >= 0.6 is 11.3 Å². The van der Waals surface area contributed by atoms with Gasteiger partial charge in [-0.3, -0.25) is 4.90 Å². The molecule has 120 valence electrons. The molecule has 4 nitrogen and oxygen atoms in total. The highest BCUT2D eigenvalue weighted by atomic mass is 32.1. The van der Waals surface area contributed by atoms with E-state index in [2.05, 4.69) is 22.3 Å². The normalized spacial score (nSPS) is 17.2. The van der Waals surface area contributed by atoms with Crippen LogP contribution in [0.25, 0.3) is 10.2 Å². The zero-order chi connectivity index (χ0) is 15.4. The molecule has 0 saturated carbocycles. The average molecular weight is 319 g/mol. The first-order valence-corrected chi connectivity index (χ1v) is 8.90. The maximum atomic E-state index is 5.29. The molecule has 2 heterocycles. The molecule has 1 aliphatic rings. The van der Waals surface area contributed by atoms with E-state index in [1.807, 2.05) is 13.1 Å². The number of nitrogens with zero attached hydrogens (tertiary/aromatic N) is 2. The van der Waals surface area contributed by atoms with E-state index in [1.165, 1.54) is 42.1 Å². The summed E-state index contributed by atoms with van der Waals surface area (Å²) in [5, 5.41) is 4.48. The second-order valence-corrected chi connectivity index (χ2v) is 7.17. The Hall–Kier alpha value is -1.17. The van der Waals surface area contributed by atoms with Crippen molar-refractivity contribution in [3.63, 3.8) is 0 Å². The van der Waals surface area contributed by atoms with Gasteiger partial charge in [-0.25, -0.2) is 4.98 Å². The minimum atomic E-state index is 0.892. The van der Waals surface area contributed by atoms with Crippen molar-refractivity contribution >= 4 is 21.6 Å². The van der Waals surface area contributed by atoms with Crippen LogP contribution in [0.3, 0.4) is 0 Å². The first-order valence-electron chi connectivity index (χ1n) is 8.09. The van der Waals surface area contributed by atoms with E-state index in [1.54, 1.807) is 18.4 Å². The highest BCUT2D eigenvalue weighted by molar-refractivity contribution is 7.18. The Bertz CT molecular complexity index is 605. The van der Waals surface area contributed by atoms with Gasteiger partial charge in [0.1, 0.15) is 10.8 Å². The molecule has 1 aliphatic heterocycles. The summed E-state index contributed by atoms with van der Waals surface area (Å²) in [4.78, 5) is 7.31. The summed E-state index contributed by atoms with van der Waals surface area (Å²) in [5.74, 6) is 1.80. The monoisotopic (exact) mass is 319 g/mol. The Morgan fingerprint density at radius 3 is 2.91 bits per heavy atom. The molecule has 0 atom stereocenters. The lowest BCUT2D eigenvalue weighted by Gasteiger charge is -2.31. The van der Waals surface area contributed by atoms with Crippen LogP contribution in [-0.2, 0) is 6.54 Å².